The quantitative estimate of drug-likeness (QED) is 0.528. The highest BCUT2D eigenvalue weighted by Gasteiger charge is 2.32. The lowest BCUT2D eigenvalue weighted by Crippen LogP contribution is -2.26. The highest BCUT2D eigenvalue weighted by molar-refractivity contribution is 5.85. The van der Waals surface area contributed by atoms with Crippen LogP contribution in [0.5, 0.6) is 0 Å². The van der Waals surface area contributed by atoms with Crippen molar-refractivity contribution in [3.8, 4) is 0 Å². The van der Waals surface area contributed by atoms with Crippen LogP contribution < -0.4 is 0 Å². The van der Waals surface area contributed by atoms with Crippen LogP contribution in [-0.4, -0.2) is 0 Å². The summed E-state index contributed by atoms with van der Waals surface area (Å²) in [7, 11) is 0. The van der Waals surface area contributed by atoms with E-state index >= 15 is 0 Å². The van der Waals surface area contributed by atoms with Crippen molar-refractivity contribution >= 4 is 10.8 Å². The molecule has 0 fully saturated rings. The molecule has 98 valence electrons. The Morgan fingerprint density at radius 1 is 0.700 bits per heavy atom. The van der Waals surface area contributed by atoms with E-state index in [9.17, 15) is 0 Å². The Bertz CT molecular complexity index is 809. The zero-order valence-corrected chi connectivity index (χ0v) is 12.0. The molecule has 0 N–H and O–H groups in total. The molecular weight excluding hydrogens is 240 g/mol. The minimum Gasteiger partial charge on any atom is -0.0620 e. The Morgan fingerprint density at radius 3 is 2.15 bits per heavy atom. The van der Waals surface area contributed by atoms with Crippen molar-refractivity contribution in [3.05, 3.63) is 82.9 Å². The first-order chi connectivity index (χ1) is 9.66. The molecule has 0 amide bonds. The minimum absolute atomic E-state index is 0.0915. The monoisotopic (exact) mass is 258 g/mol. The highest BCUT2D eigenvalue weighted by atomic mass is 14.3. The Labute approximate surface area is 120 Å². The molecule has 0 unspecified atom stereocenters. The molecule has 0 bridgehead atoms. The van der Waals surface area contributed by atoms with Crippen molar-refractivity contribution in [2.75, 3.05) is 0 Å². The first-order valence-electron chi connectivity index (χ1n) is 7.27. The largest absolute Gasteiger partial charge is 0.0620 e. The van der Waals surface area contributed by atoms with Gasteiger partial charge < -0.3 is 0 Å². The normalized spacial score (nSPS) is 15.7. The highest BCUT2D eigenvalue weighted by Crippen LogP contribution is 2.42. The van der Waals surface area contributed by atoms with Gasteiger partial charge >= 0.3 is 0 Å². The standard InChI is InChI=1S/C20H18/c1-20(2)18-10-6-5-9-16(18)12-17-11-14-7-3-4-8-15(14)13-19(17)20/h3-11,13H,12H2,1-2H3. The van der Waals surface area contributed by atoms with Gasteiger partial charge in [0.05, 0.1) is 0 Å². The van der Waals surface area contributed by atoms with Crippen molar-refractivity contribution in [1.82, 2.24) is 0 Å². The molecule has 0 heterocycles. The van der Waals surface area contributed by atoms with Crippen LogP contribution in [0.15, 0.2) is 60.7 Å². The predicted octanol–water partition coefficient (Wildman–Crippen LogP) is 5.07. The van der Waals surface area contributed by atoms with E-state index < -0.39 is 0 Å². The van der Waals surface area contributed by atoms with E-state index in [-0.39, 0.29) is 5.41 Å². The van der Waals surface area contributed by atoms with E-state index in [2.05, 4.69) is 74.5 Å². The molecule has 0 atom stereocenters. The molecular formula is C20H18. The molecule has 3 aromatic rings. The van der Waals surface area contributed by atoms with E-state index in [0.29, 0.717) is 0 Å². The first kappa shape index (κ1) is 11.7. The van der Waals surface area contributed by atoms with Gasteiger partial charge in [0.15, 0.2) is 0 Å². The fourth-order valence-corrected chi connectivity index (χ4v) is 3.65. The lowest BCUT2D eigenvalue weighted by molar-refractivity contribution is 0.612. The van der Waals surface area contributed by atoms with Gasteiger partial charge in [0.1, 0.15) is 0 Å². The third kappa shape index (κ3) is 1.54. The SMILES string of the molecule is CC1(C)c2ccccc2Cc2cc3ccccc3cc21. The van der Waals surface area contributed by atoms with Gasteiger partial charge in [0.25, 0.3) is 0 Å². The van der Waals surface area contributed by atoms with Crippen molar-refractivity contribution in [2.24, 2.45) is 0 Å². The summed E-state index contributed by atoms with van der Waals surface area (Å²) >= 11 is 0. The molecule has 0 saturated heterocycles. The van der Waals surface area contributed by atoms with Gasteiger partial charge in [-0.2, -0.15) is 0 Å². The molecule has 20 heavy (non-hydrogen) atoms. The van der Waals surface area contributed by atoms with Gasteiger partial charge in [0, 0.05) is 5.41 Å². The molecule has 1 aliphatic carbocycles. The molecule has 0 aromatic heterocycles. The summed E-state index contributed by atoms with van der Waals surface area (Å²) in [6.45, 7) is 4.69. The van der Waals surface area contributed by atoms with Crippen molar-refractivity contribution in [3.63, 3.8) is 0 Å². The van der Waals surface area contributed by atoms with Crippen LogP contribution in [0, 0.1) is 0 Å². The number of hydrogen-bond acceptors (Lipinski definition) is 0. The molecule has 0 aliphatic heterocycles. The maximum atomic E-state index is 2.39. The van der Waals surface area contributed by atoms with Crippen LogP contribution in [0.25, 0.3) is 10.8 Å². The van der Waals surface area contributed by atoms with Crippen LogP contribution in [0.3, 0.4) is 0 Å². The Morgan fingerprint density at radius 2 is 1.35 bits per heavy atom. The molecule has 0 heteroatoms. The topological polar surface area (TPSA) is 0 Å². The maximum absolute atomic E-state index is 2.39. The minimum atomic E-state index is 0.0915. The first-order valence-corrected chi connectivity index (χ1v) is 7.27. The van der Waals surface area contributed by atoms with E-state index in [0.717, 1.165) is 6.42 Å². The summed E-state index contributed by atoms with van der Waals surface area (Å²) in [5.41, 5.74) is 6.00. The average Bonchev–Trinajstić information content (AvgIpc) is 2.46. The zero-order chi connectivity index (χ0) is 13.7. The van der Waals surface area contributed by atoms with E-state index in [1.165, 1.54) is 33.0 Å². The molecule has 1 aliphatic rings. The summed E-state index contributed by atoms with van der Waals surface area (Å²) in [5.74, 6) is 0. The second-order valence-electron chi connectivity index (χ2n) is 6.32. The third-order valence-electron chi connectivity index (χ3n) is 4.72. The number of benzene rings is 3. The fraction of sp³-hybridized carbons (Fsp3) is 0.200. The van der Waals surface area contributed by atoms with Crippen LogP contribution in [0.2, 0.25) is 0 Å². The summed E-state index contributed by atoms with van der Waals surface area (Å²) in [6, 6.07) is 22.3. The van der Waals surface area contributed by atoms with Gasteiger partial charge in [-0.3, -0.25) is 0 Å². The van der Waals surface area contributed by atoms with E-state index in [4.69, 9.17) is 0 Å². The number of hydrogen-bond donors (Lipinski definition) is 0. The van der Waals surface area contributed by atoms with E-state index in [1.54, 1.807) is 0 Å². The average molecular weight is 258 g/mol. The van der Waals surface area contributed by atoms with Crippen LogP contribution in [0.4, 0.5) is 0 Å². The molecule has 3 aromatic carbocycles. The Hall–Kier alpha value is -2.08. The molecule has 4 rings (SSSR count). The Kier molecular flexibility index (Phi) is 2.32. The molecule has 0 spiro atoms. The fourth-order valence-electron chi connectivity index (χ4n) is 3.65. The van der Waals surface area contributed by atoms with Gasteiger partial charge in [-0.05, 0) is 45.5 Å². The lowest BCUT2D eigenvalue weighted by atomic mass is 9.68. The summed E-state index contributed by atoms with van der Waals surface area (Å²) < 4.78 is 0. The summed E-state index contributed by atoms with van der Waals surface area (Å²) in [6.07, 6.45) is 1.06. The van der Waals surface area contributed by atoms with Crippen LogP contribution in [-0.2, 0) is 11.8 Å². The zero-order valence-electron chi connectivity index (χ0n) is 12.0. The smallest absolute Gasteiger partial charge is 0.0152 e. The summed E-state index contributed by atoms with van der Waals surface area (Å²) in [5, 5.41) is 2.69. The van der Waals surface area contributed by atoms with Gasteiger partial charge in [-0.25, -0.2) is 0 Å². The third-order valence-corrected chi connectivity index (χ3v) is 4.72. The van der Waals surface area contributed by atoms with Crippen molar-refractivity contribution < 1.29 is 0 Å². The van der Waals surface area contributed by atoms with E-state index in [1.807, 2.05) is 0 Å². The van der Waals surface area contributed by atoms with Crippen molar-refractivity contribution in [2.45, 2.75) is 25.7 Å². The second kappa shape index (κ2) is 3.96. The van der Waals surface area contributed by atoms with Gasteiger partial charge in [-0.1, -0.05) is 68.4 Å². The number of rotatable bonds is 0. The van der Waals surface area contributed by atoms with Gasteiger partial charge in [-0.15, -0.1) is 0 Å². The van der Waals surface area contributed by atoms with Crippen molar-refractivity contribution in [1.29, 1.82) is 0 Å². The number of fused-ring (bicyclic) bond motifs is 3. The van der Waals surface area contributed by atoms with Crippen LogP contribution in [0.1, 0.15) is 36.1 Å². The maximum Gasteiger partial charge on any atom is 0.0152 e. The van der Waals surface area contributed by atoms with Crippen LogP contribution >= 0.6 is 0 Å². The molecule has 0 saturated carbocycles. The van der Waals surface area contributed by atoms with Gasteiger partial charge in [0.2, 0.25) is 0 Å². The predicted molar refractivity (Wildman–Crippen MR) is 85.3 cm³/mol. The Balaban J connectivity index is 2.04. The second-order valence-corrected chi connectivity index (χ2v) is 6.32. The molecule has 0 nitrogen and oxygen atoms in total. The molecule has 0 radical (unpaired) electrons. The lowest BCUT2D eigenvalue weighted by Gasteiger charge is -2.35. The summed E-state index contributed by atoms with van der Waals surface area (Å²) in [4.78, 5) is 0.